The number of pyridine rings is 1. The summed E-state index contributed by atoms with van der Waals surface area (Å²) < 4.78 is 13.6. The van der Waals surface area contributed by atoms with Crippen LogP contribution in [-0.4, -0.2) is 56.0 Å². The highest BCUT2D eigenvalue weighted by molar-refractivity contribution is 5.80. The van der Waals surface area contributed by atoms with Crippen molar-refractivity contribution in [2.75, 3.05) is 19.8 Å². The van der Waals surface area contributed by atoms with Crippen LogP contribution < -0.4 is 10.3 Å². The summed E-state index contributed by atoms with van der Waals surface area (Å²) in [5, 5.41) is 13.7. The standard InChI is InChI=1S/C26H38N6O3/c1-6-9-23(24-28-29-30-32(24)26(3,4)5)31(17-21-10-8-13-35-21)16-19-14-18-15-20(34-7-2)11-12-22(18)27-25(19)33/h11-12,14-15,21,23H,6-10,13,16-17H2,1-5H3,(H,27,33)/t21-,23+/m0/s1. The summed E-state index contributed by atoms with van der Waals surface area (Å²) in [6.07, 6.45) is 4.06. The van der Waals surface area contributed by atoms with Crippen molar-refractivity contribution in [2.24, 2.45) is 0 Å². The lowest BCUT2D eigenvalue weighted by molar-refractivity contribution is 0.0465. The minimum absolute atomic E-state index is 0.0386. The molecule has 4 rings (SSSR count). The van der Waals surface area contributed by atoms with Crippen LogP contribution >= 0.6 is 0 Å². The van der Waals surface area contributed by atoms with Crippen LogP contribution in [0.25, 0.3) is 10.9 Å². The SMILES string of the molecule is CCC[C@H](c1nnnn1C(C)(C)C)N(Cc1cc2cc(OCC)ccc2[nH]c1=O)C[C@@H]1CCCO1. The molecule has 2 aromatic heterocycles. The quantitative estimate of drug-likeness (QED) is 0.463. The third-order valence-corrected chi connectivity index (χ3v) is 6.47. The molecule has 0 aliphatic carbocycles. The maximum Gasteiger partial charge on any atom is 0.252 e. The maximum atomic E-state index is 13.1. The van der Waals surface area contributed by atoms with Gasteiger partial charge < -0.3 is 14.5 Å². The van der Waals surface area contributed by atoms with Crippen LogP contribution in [0.2, 0.25) is 0 Å². The molecule has 1 aromatic carbocycles. The number of rotatable bonds is 10. The summed E-state index contributed by atoms with van der Waals surface area (Å²) in [5.74, 6) is 1.62. The van der Waals surface area contributed by atoms with E-state index in [0.29, 0.717) is 18.7 Å². The minimum Gasteiger partial charge on any atom is -0.494 e. The molecule has 9 heteroatoms. The maximum absolute atomic E-state index is 13.1. The molecule has 1 fully saturated rings. The van der Waals surface area contributed by atoms with E-state index in [2.05, 4.69) is 53.1 Å². The van der Waals surface area contributed by atoms with Gasteiger partial charge >= 0.3 is 0 Å². The van der Waals surface area contributed by atoms with E-state index in [-0.39, 0.29) is 23.2 Å². The van der Waals surface area contributed by atoms with Gasteiger partial charge in [0, 0.05) is 36.2 Å². The van der Waals surface area contributed by atoms with Crippen molar-refractivity contribution in [2.45, 2.75) is 84.5 Å². The molecule has 1 aliphatic rings. The van der Waals surface area contributed by atoms with E-state index < -0.39 is 0 Å². The Morgan fingerprint density at radius 1 is 1.29 bits per heavy atom. The molecule has 0 spiro atoms. The van der Waals surface area contributed by atoms with E-state index in [0.717, 1.165) is 61.3 Å². The van der Waals surface area contributed by atoms with Gasteiger partial charge in [-0.1, -0.05) is 13.3 Å². The predicted octanol–water partition coefficient (Wildman–Crippen LogP) is 4.19. The van der Waals surface area contributed by atoms with Gasteiger partial charge in [-0.15, -0.1) is 5.10 Å². The number of aromatic nitrogens is 5. The first kappa shape index (κ1) is 25.3. The first-order valence-electron chi connectivity index (χ1n) is 12.7. The van der Waals surface area contributed by atoms with Crippen LogP contribution in [0.5, 0.6) is 5.75 Å². The number of aromatic amines is 1. The second-order valence-electron chi connectivity index (χ2n) is 10.3. The third-order valence-electron chi connectivity index (χ3n) is 6.47. The molecule has 9 nitrogen and oxygen atoms in total. The van der Waals surface area contributed by atoms with E-state index >= 15 is 0 Å². The Morgan fingerprint density at radius 2 is 2.11 bits per heavy atom. The van der Waals surface area contributed by atoms with E-state index in [1.165, 1.54) is 0 Å². The number of benzene rings is 1. The molecule has 190 valence electrons. The number of H-pyrrole nitrogens is 1. The molecule has 2 atom stereocenters. The van der Waals surface area contributed by atoms with Gasteiger partial charge in [0.1, 0.15) is 5.75 Å². The molecule has 0 unspecified atom stereocenters. The van der Waals surface area contributed by atoms with Gasteiger partial charge in [-0.3, -0.25) is 9.69 Å². The molecular weight excluding hydrogens is 444 g/mol. The van der Waals surface area contributed by atoms with Gasteiger partial charge in [-0.2, -0.15) is 0 Å². The van der Waals surface area contributed by atoms with Crippen molar-refractivity contribution in [3.8, 4) is 5.75 Å². The molecule has 0 radical (unpaired) electrons. The molecule has 3 heterocycles. The van der Waals surface area contributed by atoms with E-state index in [4.69, 9.17) is 9.47 Å². The Morgan fingerprint density at radius 3 is 2.80 bits per heavy atom. The number of nitrogens with zero attached hydrogens (tertiary/aromatic N) is 5. The second kappa shape index (κ2) is 10.9. The van der Waals surface area contributed by atoms with Gasteiger partial charge in [0.25, 0.3) is 5.56 Å². The zero-order chi connectivity index (χ0) is 25.0. The Labute approximate surface area is 206 Å². The molecule has 1 aliphatic heterocycles. The highest BCUT2D eigenvalue weighted by Gasteiger charge is 2.32. The Hall–Kier alpha value is -2.78. The van der Waals surface area contributed by atoms with Crippen LogP contribution in [0.15, 0.2) is 29.1 Å². The fraction of sp³-hybridized carbons (Fsp3) is 0.615. The largest absolute Gasteiger partial charge is 0.494 e. The summed E-state index contributed by atoms with van der Waals surface area (Å²) in [7, 11) is 0. The van der Waals surface area contributed by atoms with E-state index in [9.17, 15) is 4.79 Å². The van der Waals surface area contributed by atoms with Gasteiger partial charge in [0.15, 0.2) is 5.82 Å². The number of nitrogens with one attached hydrogen (secondary N) is 1. The summed E-state index contributed by atoms with van der Waals surface area (Å²) >= 11 is 0. The van der Waals surface area contributed by atoms with Crippen molar-refractivity contribution in [1.82, 2.24) is 30.1 Å². The Kier molecular flexibility index (Phi) is 7.86. The summed E-state index contributed by atoms with van der Waals surface area (Å²) in [4.78, 5) is 18.5. The number of hydrogen-bond donors (Lipinski definition) is 1. The van der Waals surface area contributed by atoms with E-state index in [1.54, 1.807) is 0 Å². The summed E-state index contributed by atoms with van der Waals surface area (Å²) in [6, 6.07) is 7.70. The van der Waals surface area contributed by atoms with Gasteiger partial charge in [0.05, 0.1) is 24.3 Å². The van der Waals surface area contributed by atoms with Crippen molar-refractivity contribution in [1.29, 1.82) is 0 Å². The molecule has 0 saturated carbocycles. The van der Waals surface area contributed by atoms with Crippen LogP contribution in [-0.2, 0) is 16.8 Å². The lowest BCUT2D eigenvalue weighted by Gasteiger charge is -2.34. The Bertz CT molecular complexity index is 1180. The first-order chi connectivity index (χ1) is 16.8. The summed E-state index contributed by atoms with van der Waals surface area (Å²) in [6.45, 7) is 13.0. The number of fused-ring (bicyclic) bond motifs is 1. The fourth-order valence-electron chi connectivity index (χ4n) is 4.80. The number of hydrogen-bond acceptors (Lipinski definition) is 7. The second-order valence-corrected chi connectivity index (χ2v) is 10.3. The lowest BCUT2D eigenvalue weighted by atomic mass is 10.0. The molecular formula is C26H38N6O3. The van der Waals surface area contributed by atoms with E-state index in [1.807, 2.05) is 35.9 Å². The average Bonchev–Trinajstić information content (AvgIpc) is 3.50. The highest BCUT2D eigenvalue weighted by Crippen LogP contribution is 2.30. The van der Waals surface area contributed by atoms with Crippen molar-refractivity contribution >= 4 is 10.9 Å². The number of ether oxygens (including phenoxy) is 2. The van der Waals surface area contributed by atoms with Crippen molar-refractivity contribution in [3.05, 3.63) is 46.0 Å². The monoisotopic (exact) mass is 482 g/mol. The average molecular weight is 483 g/mol. The summed E-state index contributed by atoms with van der Waals surface area (Å²) in [5.41, 5.74) is 1.18. The molecule has 1 N–H and O–H groups in total. The van der Waals surface area contributed by atoms with Crippen LogP contribution in [0.4, 0.5) is 0 Å². The lowest BCUT2D eigenvalue weighted by Crippen LogP contribution is -2.39. The normalized spacial score (nSPS) is 17.4. The molecule has 35 heavy (non-hydrogen) atoms. The molecule has 0 amide bonds. The first-order valence-corrected chi connectivity index (χ1v) is 12.7. The zero-order valence-corrected chi connectivity index (χ0v) is 21.6. The molecule has 3 aromatic rings. The third kappa shape index (κ3) is 5.90. The van der Waals surface area contributed by atoms with Gasteiger partial charge in [0.2, 0.25) is 0 Å². The Balaban J connectivity index is 1.73. The predicted molar refractivity (Wildman–Crippen MR) is 136 cm³/mol. The van der Waals surface area contributed by atoms with Crippen molar-refractivity contribution in [3.63, 3.8) is 0 Å². The topological polar surface area (TPSA) is 98.2 Å². The van der Waals surface area contributed by atoms with Crippen molar-refractivity contribution < 1.29 is 9.47 Å². The fourth-order valence-corrected chi connectivity index (χ4v) is 4.80. The molecule has 0 bridgehead atoms. The zero-order valence-electron chi connectivity index (χ0n) is 21.6. The van der Waals surface area contributed by atoms with Gasteiger partial charge in [-0.25, -0.2) is 4.68 Å². The number of tetrazole rings is 1. The van der Waals surface area contributed by atoms with Crippen LogP contribution in [0, 0.1) is 0 Å². The van der Waals surface area contributed by atoms with Gasteiger partial charge in [-0.05, 0) is 81.6 Å². The molecule has 1 saturated heterocycles. The van der Waals surface area contributed by atoms with Crippen LogP contribution in [0.3, 0.4) is 0 Å². The highest BCUT2D eigenvalue weighted by atomic mass is 16.5. The van der Waals surface area contributed by atoms with Crippen LogP contribution in [0.1, 0.15) is 77.7 Å². The smallest absolute Gasteiger partial charge is 0.252 e. The minimum atomic E-state index is -0.254.